The van der Waals surface area contributed by atoms with Gasteiger partial charge in [0, 0.05) is 0 Å². The summed E-state index contributed by atoms with van der Waals surface area (Å²) in [5, 5.41) is 2.54. The molecule has 2 aliphatic rings. The molecule has 3 rings (SSSR count). The average Bonchev–Trinajstić information content (AvgIpc) is 2.28. The highest BCUT2D eigenvalue weighted by molar-refractivity contribution is 5.38. The Hall–Kier alpha value is -1.02. The zero-order chi connectivity index (χ0) is 12.0. The van der Waals surface area contributed by atoms with E-state index in [1.165, 1.54) is 18.4 Å². The van der Waals surface area contributed by atoms with Gasteiger partial charge in [-0.3, -0.25) is 0 Å². The molecule has 0 bridgehead atoms. The van der Waals surface area contributed by atoms with Crippen molar-refractivity contribution in [3.05, 3.63) is 29.8 Å². The van der Waals surface area contributed by atoms with Gasteiger partial charge in [-0.25, -0.2) is 0 Å². The van der Waals surface area contributed by atoms with Crippen LogP contribution in [0.3, 0.4) is 0 Å². The van der Waals surface area contributed by atoms with Gasteiger partial charge in [-0.15, -0.1) is 0 Å². The Bertz CT molecular complexity index is 427. The lowest BCUT2D eigenvalue weighted by atomic mass is 9.73. The van der Waals surface area contributed by atoms with Crippen LogP contribution in [0.1, 0.15) is 45.2 Å². The topological polar surface area (TPSA) is 25.8 Å². The highest BCUT2D eigenvalue weighted by atomic mass is 16.5. The fraction of sp³-hybridized carbons (Fsp3) is 0.600. The maximum atomic E-state index is 6.20. The van der Waals surface area contributed by atoms with Crippen LogP contribution in [-0.4, -0.2) is 11.6 Å². The van der Waals surface area contributed by atoms with Gasteiger partial charge in [0.2, 0.25) is 0 Å². The molecule has 0 saturated carbocycles. The molecule has 2 aliphatic heterocycles. The van der Waals surface area contributed by atoms with Crippen LogP contribution in [0.15, 0.2) is 24.3 Å². The summed E-state index contributed by atoms with van der Waals surface area (Å²) in [7, 11) is 0. The van der Waals surface area contributed by atoms with Crippen LogP contribution in [0.2, 0.25) is 0 Å². The minimum Gasteiger partial charge on any atom is -0.487 e. The SMILES string of the molecule is C[C@H]1CC[C@H]2[C@@H]([NH2+]1)c1ccccc1OC2(C)C. The van der Waals surface area contributed by atoms with Gasteiger partial charge in [0.15, 0.2) is 0 Å². The predicted octanol–water partition coefficient (Wildman–Crippen LogP) is 2.26. The van der Waals surface area contributed by atoms with Crippen molar-refractivity contribution >= 4 is 0 Å². The molecular formula is C15H22NO+. The Labute approximate surface area is 103 Å². The normalized spacial score (nSPS) is 34.4. The minimum atomic E-state index is -0.0321. The van der Waals surface area contributed by atoms with Crippen LogP contribution >= 0.6 is 0 Å². The first-order chi connectivity index (χ1) is 8.08. The smallest absolute Gasteiger partial charge is 0.129 e. The number of nitrogens with two attached hydrogens (primary N) is 1. The summed E-state index contributed by atoms with van der Waals surface area (Å²) in [6, 6.07) is 9.86. The van der Waals surface area contributed by atoms with Gasteiger partial charge in [-0.1, -0.05) is 12.1 Å². The molecule has 0 aliphatic carbocycles. The minimum absolute atomic E-state index is 0.0321. The highest BCUT2D eigenvalue weighted by Crippen LogP contribution is 2.45. The summed E-state index contributed by atoms with van der Waals surface area (Å²) in [6.45, 7) is 6.82. The number of para-hydroxylation sites is 1. The van der Waals surface area contributed by atoms with Crippen molar-refractivity contribution in [2.24, 2.45) is 5.92 Å². The molecule has 17 heavy (non-hydrogen) atoms. The van der Waals surface area contributed by atoms with E-state index < -0.39 is 0 Å². The van der Waals surface area contributed by atoms with Crippen LogP contribution in [0, 0.1) is 5.92 Å². The number of ether oxygens (including phenoxy) is 1. The molecular weight excluding hydrogens is 210 g/mol. The third kappa shape index (κ3) is 1.75. The first-order valence-electron chi connectivity index (χ1n) is 6.71. The monoisotopic (exact) mass is 232 g/mol. The van der Waals surface area contributed by atoms with E-state index in [1.807, 2.05) is 0 Å². The molecule has 0 spiro atoms. The van der Waals surface area contributed by atoms with Crippen molar-refractivity contribution in [3.63, 3.8) is 0 Å². The third-order valence-electron chi connectivity index (χ3n) is 4.45. The van der Waals surface area contributed by atoms with Crippen molar-refractivity contribution in [3.8, 4) is 5.75 Å². The molecule has 0 amide bonds. The Morgan fingerprint density at radius 1 is 1.24 bits per heavy atom. The van der Waals surface area contributed by atoms with Gasteiger partial charge in [0.05, 0.1) is 17.5 Å². The molecule has 1 aromatic rings. The number of quaternary nitrogens is 1. The van der Waals surface area contributed by atoms with Crippen LogP contribution in [0.5, 0.6) is 5.75 Å². The first kappa shape index (κ1) is 11.1. The summed E-state index contributed by atoms with van der Waals surface area (Å²) in [5.74, 6) is 1.72. The lowest BCUT2D eigenvalue weighted by Crippen LogP contribution is -2.94. The van der Waals surface area contributed by atoms with E-state index in [4.69, 9.17) is 4.74 Å². The quantitative estimate of drug-likeness (QED) is 0.729. The lowest BCUT2D eigenvalue weighted by molar-refractivity contribution is -0.744. The fourth-order valence-corrected chi connectivity index (χ4v) is 3.51. The lowest BCUT2D eigenvalue weighted by Gasteiger charge is -2.46. The first-order valence-corrected chi connectivity index (χ1v) is 6.71. The molecule has 1 fully saturated rings. The van der Waals surface area contributed by atoms with Crippen LogP contribution in [0.4, 0.5) is 0 Å². The summed E-state index contributed by atoms with van der Waals surface area (Å²) in [5.41, 5.74) is 1.36. The summed E-state index contributed by atoms with van der Waals surface area (Å²) >= 11 is 0. The molecule has 2 nitrogen and oxygen atoms in total. The molecule has 3 atom stereocenters. The zero-order valence-corrected chi connectivity index (χ0v) is 10.9. The summed E-state index contributed by atoms with van der Waals surface area (Å²) in [6.07, 6.45) is 2.58. The molecule has 1 saturated heterocycles. The van der Waals surface area contributed by atoms with E-state index in [-0.39, 0.29) is 5.60 Å². The number of piperidine rings is 1. The number of rotatable bonds is 0. The van der Waals surface area contributed by atoms with E-state index in [9.17, 15) is 0 Å². The van der Waals surface area contributed by atoms with E-state index in [0.29, 0.717) is 12.0 Å². The van der Waals surface area contributed by atoms with Gasteiger partial charge in [0.25, 0.3) is 0 Å². The van der Waals surface area contributed by atoms with E-state index in [1.54, 1.807) is 0 Å². The van der Waals surface area contributed by atoms with Gasteiger partial charge >= 0.3 is 0 Å². The standard InChI is InChI=1S/C15H21NO/c1-10-8-9-12-14(16-10)11-6-4-5-7-13(11)17-15(12,2)3/h4-7,10,12,14,16H,8-9H2,1-3H3/p+1/t10-,12-,14-/m0/s1. The van der Waals surface area contributed by atoms with Gasteiger partial charge in [0.1, 0.15) is 17.4 Å². The molecule has 2 N–H and O–H groups in total. The molecule has 2 heterocycles. The van der Waals surface area contributed by atoms with Crippen molar-refractivity contribution in [2.75, 3.05) is 0 Å². The number of hydrogen-bond acceptors (Lipinski definition) is 1. The Kier molecular flexibility index (Phi) is 2.44. The maximum Gasteiger partial charge on any atom is 0.129 e. The molecule has 0 unspecified atom stereocenters. The molecule has 92 valence electrons. The molecule has 1 aromatic carbocycles. The number of hydrogen-bond donors (Lipinski definition) is 1. The molecule has 0 radical (unpaired) electrons. The summed E-state index contributed by atoms with van der Waals surface area (Å²) < 4.78 is 6.20. The van der Waals surface area contributed by atoms with Crippen molar-refractivity contribution < 1.29 is 10.1 Å². The van der Waals surface area contributed by atoms with Crippen LogP contribution in [0.25, 0.3) is 0 Å². The van der Waals surface area contributed by atoms with Crippen molar-refractivity contribution in [2.45, 2.75) is 51.3 Å². The zero-order valence-electron chi connectivity index (χ0n) is 10.9. The predicted molar refractivity (Wildman–Crippen MR) is 68.0 cm³/mol. The van der Waals surface area contributed by atoms with Gasteiger partial charge in [-0.05, 0) is 45.7 Å². The molecule has 2 heteroatoms. The van der Waals surface area contributed by atoms with Crippen molar-refractivity contribution in [1.29, 1.82) is 0 Å². The Morgan fingerprint density at radius 3 is 2.82 bits per heavy atom. The van der Waals surface area contributed by atoms with E-state index >= 15 is 0 Å². The molecule has 0 aromatic heterocycles. The highest BCUT2D eigenvalue weighted by Gasteiger charge is 2.48. The third-order valence-corrected chi connectivity index (χ3v) is 4.45. The van der Waals surface area contributed by atoms with E-state index in [0.717, 1.165) is 11.8 Å². The second kappa shape index (κ2) is 3.74. The van der Waals surface area contributed by atoms with Gasteiger partial charge < -0.3 is 10.1 Å². The number of fused-ring (bicyclic) bond motifs is 3. The Morgan fingerprint density at radius 2 is 2.00 bits per heavy atom. The maximum absolute atomic E-state index is 6.20. The number of benzene rings is 1. The largest absolute Gasteiger partial charge is 0.487 e. The fourth-order valence-electron chi connectivity index (χ4n) is 3.51. The van der Waals surface area contributed by atoms with Crippen LogP contribution < -0.4 is 10.1 Å². The van der Waals surface area contributed by atoms with Crippen LogP contribution in [-0.2, 0) is 0 Å². The average molecular weight is 232 g/mol. The van der Waals surface area contributed by atoms with Gasteiger partial charge in [-0.2, -0.15) is 0 Å². The second-order valence-electron chi connectivity index (χ2n) is 6.12. The van der Waals surface area contributed by atoms with E-state index in [2.05, 4.69) is 50.4 Å². The van der Waals surface area contributed by atoms with Crippen molar-refractivity contribution in [1.82, 2.24) is 0 Å². The Balaban J connectivity index is 2.05. The second-order valence-corrected chi connectivity index (χ2v) is 6.12. The summed E-state index contributed by atoms with van der Waals surface area (Å²) in [4.78, 5) is 0.